The number of aromatic nitrogens is 3. The van der Waals surface area contributed by atoms with Crippen LogP contribution in [0.1, 0.15) is 6.42 Å². The second-order valence-electron chi connectivity index (χ2n) is 7.38. The molecule has 1 aliphatic rings. The first-order chi connectivity index (χ1) is 14.6. The lowest BCUT2D eigenvalue weighted by Crippen LogP contribution is -2.44. The maximum atomic E-state index is 11.1. The van der Waals surface area contributed by atoms with Crippen molar-refractivity contribution in [3.63, 3.8) is 0 Å². The molecule has 0 aliphatic carbocycles. The van der Waals surface area contributed by atoms with Crippen molar-refractivity contribution in [2.75, 3.05) is 46.4 Å². The number of nitrogens with two attached hydrogens (primary N) is 1. The van der Waals surface area contributed by atoms with Crippen molar-refractivity contribution in [2.24, 2.45) is 5.73 Å². The van der Waals surface area contributed by atoms with Gasteiger partial charge in [0.25, 0.3) is 0 Å². The number of primary amides is 1. The number of para-hydroxylation sites is 1. The molecule has 1 aromatic carbocycles. The zero-order valence-corrected chi connectivity index (χ0v) is 17.0. The van der Waals surface area contributed by atoms with Crippen molar-refractivity contribution in [1.29, 1.82) is 0 Å². The van der Waals surface area contributed by atoms with Gasteiger partial charge < -0.3 is 30.0 Å². The Morgan fingerprint density at radius 2 is 2.03 bits per heavy atom. The Kier molecular flexibility index (Phi) is 6.10. The number of rotatable bonds is 7. The van der Waals surface area contributed by atoms with Crippen molar-refractivity contribution in [1.82, 2.24) is 24.8 Å². The number of nitrogens with one attached hydrogen (secondary N) is 1. The Hall–Kier alpha value is -3.17. The SMILES string of the molecule is CN1CCN(CCCOc2ccncc2-c2nc3c(OC(N)=O)cccc3[nH]2)CC1. The van der Waals surface area contributed by atoms with Crippen molar-refractivity contribution in [3.05, 3.63) is 36.7 Å². The van der Waals surface area contributed by atoms with Gasteiger partial charge in [-0.15, -0.1) is 0 Å². The number of amides is 1. The van der Waals surface area contributed by atoms with Gasteiger partial charge >= 0.3 is 6.09 Å². The van der Waals surface area contributed by atoms with Gasteiger partial charge in [0.15, 0.2) is 5.75 Å². The average Bonchev–Trinajstić information content (AvgIpc) is 3.18. The lowest BCUT2D eigenvalue weighted by atomic mass is 10.2. The zero-order chi connectivity index (χ0) is 20.9. The molecule has 4 rings (SSSR count). The molecule has 158 valence electrons. The molecular formula is C21H26N6O3. The van der Waals surface area contributed by atoms with E-state index in [2.05, 4.69) is 31.8 Å². The van der Waals surface area contributed by atoms with E-state index in [1.54, 1.807) is 24.5 Å². The van der Waals surface area contributed by atoms with E-state index in [1.807, 2.05) is 12.1 Å². The van der Waals surface area contributed by atoms with E-state index in [9.17, 15) is 4.79 Å². The first-order valence-corrected chi connectivity index (χ1v) is 10.0. The van der Waals surface area contributed by atoms with Crippen LogP contribution >= 0.6 is 0 Å². The molecule has 3 heterocycles. The number of piperazine rings is 1. The van der Waals surface area contributed by atoms with Crippen molar-refractivity contribution in [3.8, 4) is 22.9 Å². The summed E-state index contributed by atoms with van der Waals surface area (Å²) < 4.78 is 11.1. The standard InChI is InChI=1S/C21H26N6O3/c1-26-9-11-27(12-10-26)8-3-13-29-17-6-7-23-14-15(17)20-24-16-4-2-5-18(19(16)25-20)30-21(22)28/h2,4-7,14H,3,8-13H2,1H3,(H2,22,28)(H,24,25). The molecule has 2 aromatic heterocycles. The lowest BCUT2D eigenvalue weighted by Gasteiger charge is -2.32. The number of hydrogen-bond acceptors (Lipinski definition) is 7. The van der Waals surface area contributed by atoms with Crippen molar-refractivity contribution in [2.45, 2.75) is 6.42 Å². The van der Waals surface area contributed by atoms with Crippen LogP contribution in [0.15, 0.2) is 36.7 Å². The number of fused-ring (bicyclic) bond motifs is 1. The largest absolute Gasteiger partial charge is 0.493 e. The second-order valence-corrected chi connectivity index (χ2v) is 7.38. The van der Waals surface area contributed by atoms with E-state index < -0.39 is 6.09 Å². The summed E-state index contributed by atoms with van der Waals surface area (Å²) in [6, 6.07) is 7.10. The number of carbonyl (C=O) groups is 1. The van der Waals surface area contributed by atoms with Crippen LogP contribution in [0.25, 0.3) is 22.4 Å². The maximum Gasteiger partial charge on any atom is 0.410 e. The Morgan fingerprint density at radius 1 is 1.20 bits per heavy atom. The molecule has 0 radical (unpaired) electrons. The quantitative estimate of drug-likeness (QED) is 0.574. The normalized spacial score (nSPS) is 15.4. The third-order valence-corrected chi connectivity index (χ3v) is 5.19. The minimum atomic E-state index is -0.877. The number of nitrogens with zero attached hydrogens (tertiary/aromatic N) is 4. The molecule has 9 heteroatoms. The average molecular weight is 410 g/mol. The molecule has 1 amide bonds. The monoisotopic (exact) mass is 410 g/mol. The molecule has 0 unspecified atom stereocenters. The fourth-order valence-electron chi connectivity index (χ4n) is 3.55. The zero-order valence-electron chi connectivity index (χ0n) is 17.0. The van der Waals surface area contributed by atoms with Gasteiger partial charge in [-0.2, -0.15) is 0 Å². The third kappa shape index (κ3) is 4.69. The van der Waals surface area contributed by atoms with Crippen LogP contribution in [0.5, 0.6) is 11.5 Å². The van der Waals surface area contributed by atoms with E-state index in [1.165, 1.54) is 0 Å². The first kappa shape index (κ1) is 20.1. The molecular weight excluding hydrogens is 384 g/mol. The van der Waals surface area contributed by atoms with Gasteiger partial charge in [-0.05, 0) is 31.7 Å². The molecule has 1 aliphatic heterocycles. The molecule has 0 bridgehead atoms. The van der Waals surface area contributed by atoms with E-state index >= 15 is 0 Å². The van der Waals surface area contributed by atoms with Gasteiger partial charge in [0.1, 0.15) is 17.1 Å². The summed E-state index contributed by atoms with van der Waals surface area (Å²) in [7, 11) is 2.16. The molecule has 9 nitrogen and oxygen atoms in total. The summed E-state index contributed by atoms with van der Waals surface area (Å²) in [5, 5.41) is 0. The number of ether oxygens (including phenoxy) is 2. The van der Waals surface area contributed by atoms with Gasteiger partial charge in [-0.25, -0.2) is 9.78 Å². The topological polar surface area (TPSA) is 110 Å². The van der Waals surface area contributed by atoms with E-state index in [0.717, 1.165) is 50.2 Å². The fraction of sp³-hybridized carbons (Fsp3) is 0.381. The number of aromatic amines is 1. The highest BCUT2D eigenvalue weighted by atomic mass is 16.5. The summed E-state index contributed by atoms with van der Waals surface area (Å²) in [5.41, 5.74) is 7.15. The molecule has 0 atom stereocenters. The minimum absolute atomic E-state index is 0.307. The summed E-state index contributed by atoms with van der Waals surface area (Å²) in [6.45, 7) is 6.06. The first-order valence-electron chi connectivity index (χ1n) is 10.0. The molecule has 0 saturated carbocycles. The van der Waals surface area contributed by atoms with Gasteiger partial charge in [0, 0.05) is 45.1 Å². The number of imidazole rings is 1. The molecule has 1 saturated heterocycles. The van der Waals surface area contributed by atoms with Crippen LogP contribution in [-0.4, -0.2) is 77.2 Å². The van der Waals surface area contributed by atoms with Crippen LogP contribution in [0.4, 0.5) is 4.79 Å². The summed E-state index contributed by atoms with van der Waals surface area (Å²) in [6.07, 6.45) is 3.48. The third-order valence-electron chi connectivity index (χ3n) is 5.19. The number of hydrogen-bond donors (Lipinski definition) is 2. The van der Waals surface area contributed by atoms with E-state index in [-0.39, 0.29) is 0 Å². The summed E-state index contributed by atoms with van der Waals surface area (Å²) >= 11 is 0. The van der Waals surface area contributed by atoms with Crippen LogP contribution in [0, 0.1) is 0 Å². The van der Waals surface area contributed by atoms with E-state index in [0.29, 0.717) is 29.4 Å². The lowest BCUT2D eigenvalue weighted by molar-refractivity contribution is 0.145. The Morgan fingerprint density at radius 3 is 2.83 bits per heavy atom. The smallest absolute Gasteiger partial charge is 0.410 e. The van der Waals surface area contributed by atoms with Crippen molar-refractivity contribution >= 4 is 17.1 Å². The highest BCUT2D eigenvalue weighted by Crippen LogP contribution is 2.31. The number of H-pyrrole nitrogens is 1. The fourth-order valence-corrected chi connectivity index (χ4v) is 3.55. The molecule has 30 heavy (non-hydrogen) atoms. The van der Waals surface area contributed by atoms with Crippen LogP contribution < -0.4 is 15.2 Å². The predicted octanol–water partition coefficient (Wildman–Crippen LogP) is 2.10. The van der Waals surface area contributed by atoms with Crippen LogP contribution in [0.2, 0.25) is 0 Å². The van der Waals surface area contributed by atoms with Crippen LogP contribution in [-0.2, 0) is 0 Å². The van der Waals surface area contributed by atoms with Gasteiger partial charge in [-0.3, -0.25) is 4.98 Å². The van der Waals surface area contributed by atoms with Gasteiger partial charge in [0.2, 0.25) is 0 Å². The Balaban J connectivity index is 1.45. The predicted molar refractivity (Wildman–Crippen MR) is 114 cm³/mol. The molecule has 3 aromatic rings. The minimum Gasteiger partial charge on any atom is -0.493 e. The Bertz CT molecular complexity index is 1010. The highest BCUT2D eigenvalue weighted by molar-refractivity contribution is 5.87. The molecule has 1 fully saturated rings. The highest BCUT2D eigenvalue weighted by Gasteiger charge is 2.16. The number of pyridine rings is 1. The molecule has 0 spiro atoms. The number of benzene rings is 1. The summed E-state index contributed by atoms with van der Waals surface area (Å²) in [5.74, 6) is 1.61. The Labute approximate surface area is 174 Å². The van der Waals surface area contributed by atoms with Crippen LogP contribution in [0.3, 0.4) is 0 Å². The summed E-state index contributed by atoms with van der Waals surface area (Å²) in [4.78, 5) is 28.0. The number of likely N-dealkylation sites (N-methyl/N-ethyl adjacent to an activating group) is 1. The van der Waals surface area contributed by atoms with E-state index in [4.69, 9.17) is 15.2 Å². The van der Waals surface area contributed by atoms with Crippen molar-refractivity contribution < 1.29 is 14.3 Å². The maximum absolute atomic E-state index is 11.1. The second kappa shape index (κ2) is 9.10. The molecule has 3 N–H and O–H groups in total. The number of carbonyl (C=O) groups excluding carboxylic acids is 1. The van der Waals surface area contributed by atoms with Gasteiger partial charge in [-0.1, -0.05) is 6.07 Å². The van der Waals surface area contributed by atoms with Gasteiger partial charge in [0.05, 0.1) is 17.7 Å².